The zero-order chi connectivity index (χ0) is 27.9. The largest absolute Gasteiger partial charge is 0.497 e. The van der Waals surface area contributed by atoms with E-state index < -0.39 is 23.8 Å². The minimum Gasteiger partial charge on any atom is -0.497 e. The number of benzene rings is 3. The number of nitrogens with zero attached hydrogens (tertiary/aromatic N) is 2. The number of anilines is 2. The van der Waals surface area contributed by atoms with Crippen molar-refractivity contribution >= 4 is 40.6 Å². The number of primary amides is 1. The molecule has 0 fully saturated rings. The van der Waals surface area contributed by atoms with Gasteiger partial charge in [-0.25, -0.2) is 0 Å². The maximum Gasteiger partial charge on any atom is 0.273 e. The van der Waals surface area contributed by atoms with Gasteiger partial charge in [0.25, 0.3) is 11.8 Å². The Labute approximate surface area is 229 Å². The van der Waals surface area contributed by atoms with E-state index in [0.717, 1.165) is 17.1 Å². The fraction of sp³-hybridized carbons (Fsp3) is 0.143. The van der Waals surface area contributed by atoms with Gasteiger partial charge in [-0.2, -0.15) is 4.37 Å². The zero-order valence-corrected chi connectivity index (χ0v) is 22.1. The topological polar surface area (TPSA) is 150 Å². The van der Waals surface area contributed by atoms with E-state index in [4.69, 9.17) is 20.9 Å². The molecule has 4 aromatic rings. The highest BCUT2D eigenvalue weighted by atomic mass is 32.1. The number of hydrogen-bond donors (Lipinski definition) is 3. The predicted octanol–water partition coefficient (Wildman–Crippen LogP) is 3.55. The molecule has 0 aliphatic rings. The lowest BCUT2D eigenvalue weighted by Crippen LogP contribution is -2.44. The van der Waals surface area contributed by atoms with Crippen LogP contribution in [0.25, 0.3) is 0 Å². The van der Waals surface area contributed by atoms with Gasteiger partial charge in [-0.1, -0.05) is 42.5 Å². The Morgan fingerprint density at radius 2 is 1.51 bits per heavy atom. The van der Waals surface area contributed by atoms with Crippen LogP contribution in [0.3, 0.4) is 0 Å². The Hall–Kier alpha value is -4.90. The molecule has 0 bridgehead atoms. The molecule has 5 N–H and O–H groups in total. The summed E-state index contributed by atoms with van der Waals surface area (Å²) in [5, 5.41) is 2.94. The molecule has 0 saturated heterocycles. The minimum atomic E-state index is -1.13. The van der Waals surface area contributed by atoms with Crippen molar-refractivity contribution in [1.82, 2.24) is 9.69 Å². The third-order valence-corrected chi connectivity index (χ3v) is 6.82. The lowest BCUT2D eigenvalue weighted by atomic mass is 10.0. The molecule has 3 aromatic carbocycles. The first-order chi connectivity index (χ1) is 18.8. The fourth-order valence-corrected chi connectivity index (χ4v) is 4.69. The van der Waals surface area contributed by atoms with Gasteiger partial charge in [0.2, 0.25) is 5.91 Å². The van der Waals surface area contributed by atoms with E-state index in [1.54, 1.807) is 48.5 Å². The van der Waals surface area contributed by atoms with Crippen molar-refractivity contribution in [2.45, 2.75) is 12.6 Å². The summed E-state index contributed by atoms with van der Waals surface area (Å²) in [6.45, 7) is 0.242. The summed E-state index contributed by atoms with van der Waals surface area (Å²) in [7, 11) is 3.06. The van der Waals surface area contributed by atoms with Crippen molar-refractivity contribution in [3.05, 3.63) is 101 Å². The van der Waals surface area contributed by atoms with Gasteiger partial charge in [-0.15, -0.1) is 0 Å². The molecule has 10 nitrogen and oxygen atoms in total. The second-order valence-electron chi connectivity index (χ2n) is 8.39. The van der Waals surface area contributed by atoms with Crippen LogP contribution in [0.4, 0.5) is 11.4 Å². The summed E-state index contributed by atoms with van der Waals surface area (Å²) < 4.78 is 14.5. The van der Waals surface area contributed by atoms with Crippen molar-refractivity contribution < 1.29 is 23.9 Å². The molecule has 1 unspecified atom stereocenters. The summed E-state index contributed by atoms with van der Waals surface area (Å²) in [4.78, 5) is 41.0. The summed E-state index contributed by atoms with van der Waals surface area (Å²) in [5.74, 6) is -0.771. The molecule has 1 atom stereocenters. The molecule has 0 saturated carbocycles. The molecule has 0 aliphatic carbocycles. The van der Waals surface area contributed by atoms with Gasteiger partial charge in [-0.05, 0) is 59.1 Å². The third-order valence-electron chi connectivity index (χ3n) is 5.97. The SMILES string of the molecule is COc1ccc(C(C(=O)NCc2ccccc2)N(C(=O)c2snc(C(N)=O)c2N)c2ccc(OC)cc2)cc1. The standard InChI is InChI=1S/C28H27N5O5S/c1-37-20-12-8-18(9-13-20)24(27(35)31-16-17-6-4-3-5-7-17)33(19-10-14-21(38-2)15-11-19)28(36)25-22(29)23(26(30)34)32-39-25/h3-15,24H,16,29H2,1-2H3,(H2,30,34)(H,31,35). The molecule has 3 amide bonds. The van der Waals surface area contributed by atoms with E-state index in [0.29, 0.717) is 22.7 Å². The highest BCUT2D eigenvalue weighted by molar-refractivity contribution is 7.09. The molecular formula is C28H27N5O5S. The van der Waals surface area contributed by atoms with Crippen molar-refractivity contribution in [2.75, 3.05) is 24.9 Å². The predicted molar refractivity (Wildman–Crippen MR) is 149 cm³/mol. The first-order valence-corrected chi connectivity index (χ1v) is 12.6. The third kappa shape index (κ3) is 5.99. The molecule has 1 heterocycles. The van der Waals surface area contributed by atoms with Crippen LogP contribution >= 0.6 is 11.5 Å². The summed E-state index contributed by atoms with van der Waals surface area (Å²) in [6, 6.07) is 21.8. The van der Waals surface area contributed by atoms with Gasteiger partial charge in [-0.3, -0.25) is 19.3 Å². The second-order valence-corrected chi connectivity index (χ2v) is 9.16. The van der Waals surface area contributed by atoms with Crippen LogP contribution < -0.4 is 31.2 Å². The maximum atomic E-state index is 14.1. The number of ether oxygens (including phenoxy) is 2. The van der Waals surface area contributed by atoms with Crippen molar-refractivity contribution in [3.63, 3.8) is 0 Å². The zero-order valence-electron chi connectivity index (χ0n) is 21.3. The van der Waals surface area contributed by atoms with Gasteiger partial charge in [0, 0.05) is 12.2 Å². The number of nitrogen functional groups attached to an aromatic ring is 1. The van der Waals surface area contributed by atoms with Crippen molar-refractivity contribution in [2.24, 2.45) is 5.73 Å². The van der Waals surface area contributed by atoms with Gasteiger partial charge in [0.15, 0.2) is 5.69 Å². The number of amides is 3. The Morgan fingerprint density at radius 3 is 2.05 bits per heavy atom. The number of nitrogens with one attached hydrogen (secondary N) is 1. The summed E-state index contributed by atoms with van der Waals surface area (Å²) >= 11 is 0.740. The van der Waals surface area contributed by atoms with Crippen LogP contribution in [0.1, 0.15) is 37.3 Å². The van der Waals surface area contributed by atoms with Crippen LogP contribution in [-0.2, 0) is 11.3 Å². The number of carbonyl (C=O) groups is 3. The molecule has 11 heteroatoms. The lowest BCUT2D eigenvalue weighted by molar-refractivity contribution is -0.122. The van der Waals surface area contributed by atoms with Crippen LogP contribution in [-0.4, -0.2) is 36.3 Å². The highest BCUT2D eigenvalue weighted by Crippen LogP contribution is 2.34. The molecule has 0 aliphatic heterocycles. The molecule has 0 spiro atoms. The lowest BCUT2D eigenvalue weighted by Gasteiger charge is -2.31. The van der Waals surface area contributed by atoms with E-state index in [1.165, 1.54) is 19.1 Å². The number of nitrogens with two attached hydrogens (primary N) is 2. The molecule has 4 rings (SSSR count). The Kier molecular flexibility index (Phi) is 8.42. The normalized spacial score (nSPS) is 11.3. The first-order valence-electron chi connectivity index (χ1n) is 11.8. The van der Waals surface area contributed by atoms with Crippen LogP contribution in [0.15, 0.2) is 78.9 Å². The number of methoxy groups -OCH3 is 2. The van der Waals surface area contributed by atoms with Crippen LogP contribution in [0, 0.1) is 0 Å². The number of rotatable bonds is 10. The van der Waals surface area contributed by atoms with E-state index in [9.17, 15) is 14.4 Å². The summed E-state index contributed by atoms with van der Waals surface area (Å²) in [6.07, 6.45) is 0. The smallest absolute Gasteiger partial charge is 0.273 e. The van der Waals surface area contributed by atoms with E-state index in [1.807, 2.05) is 30.3 Å². The average Bonchev–Trinajstić information content (AvgIpc) is 3.36. The second kappa shape index (κ2) is 12.1. The molecule has 0 radical (unpaired) electrons. The quantitative estimate of drug-likeness (QED) is 0.276. The number of aromatic nitrogens is 1. The molecule has 39 heavy (non-hydrogen) atoms. The van der Waals surface area contributed by atoms with Gasteiger partial charge < -0.3 is 26.3 Å². The maximum absolute atomic E-state index is 14.1. The van der Waals surface area contributed by atoms with E-state index >= 15 is 0 Å². The van der Waals surface area contributed by atoms with Crippen molar-refractivity contribution in [1.29, 1.82) is 0 Å². The number of carbonyl (C=O) groups excluding carboxylic acids is 3. The minimum absolute atomic E-state index is 0.0195. The summed E-state index contributed by atoms with van der Waals surface area (Å²) in [5.41, 5.74) is 12.9. The Bertz CT molecular complexity index is 1460. The molecule has 200 valence electrons. The molecular weight excluding hydrogens is 518 g/mol. The monoisotopic (exact) mass is 545 g/mol. The Morgan fingerprint density at radius 1 is 0.923 bits per heavy atom. The average molecular weight is 546 g/mol. The van der Waals surface area contributed by atoms with Crippen LogP contribution in [0.2, 0.25) is 0 Å². The fourth-order valence-electron chi connectivity index (χ4n) is 3.95. The molecule has 1 aromatic heterocycles. The van der Waals surface area contributed by atoms with Gasteiger partial charge in [0.05, 0.1) is 19.9 Å². The van der Waals surface area contributed by atoms with Gasteiger partial charge >= 0.3 is 0 Å². The van der Waals surface area contributed by atoms with Gasteiger partial charge in [0.1, 0.15) is 22.4 Å². The van der Waals surface area contributed by atoms with E-state index in [-0.39, 0.29) is 22.8 Å². The van der Waals surface area contributed by atoms with E-state index in [2.05, 4.69) is 9.69 Å². The van der Waals surface area contributed by atoms with Crippen molar-refractivity contribution in [3.8, 4) is 11.5 Å². The van der Waals surface area contributed by atoms with Crippen LogP contribution in [0.5, 0.6) is 11.5 Å². The highest BCUT2D eigenvalue weighted by Gasteiger charge is 2.36. The number of hydrogen-bond acceptors (Lipinski definition) is 8. The Balaban J connectivity index is 1.83. The first kappa shape index (κ1) is 27.1.